The molecule has 1 rings (SSSR count). The highest BCUT2D eigenvalue weighted by Crippen LogP contribution is 2.14. The van der Waals surface area contributed by atoms with E-state index in [0.717, 1.165) is 23.3 Å². The number of quaternary nitrogens is 1. The summed E-state index contributed by atoms with van der Waals surface area (Å²) in [6.07, 6.45) is 0. The molecule has 0 radical (unpaired) electrons. The van der Waals surface area contributed by atoms with Crippen molar-refractivity contribution in [3.8, 4) is 0 Å². The zero-order chi connectivity index (χ0) is 12.2. The quantitative estimate of drug-likeness (QED) is 0.311. The van der Waals surface area contributed by atoms with Crippen LogP contribution in [0.2, 0.25) is 0 Å². The molecule has 17 heavy (non-hydrogen) atoms. The first-order chi connectivity index (χ1) is 7.38. The number of benzene rings is 1. The van der Waals surface area contributed by atoms with E-state index in [1.807, 2.05) is 0 Å². The number of likely N-dealkylation sites (N-methyl/N-ethyl adjacent to an activating group) is 1. The van der Waals surface area contributed by atoms with Crippen molar-refractivity contribution in [2.75, 3.05) is 39.5 Å². The van der Waals surface area contributed by atoms with Gasteiger partial charge >= 0.3 is 0 Å². The maximum Gasteiger partial charge on any atom is 0.269 e. The Morgan fingerprint density at radius 1 is 1.24 bits per heavy atom. The number of rotatable bonds is 5. The lowest BCUT2D eigenvalue weighted by atomic mass is 10.3. The number of hydrogen-bond donors (Lipinski definition) is 1. The summed E-state index contributed by atoms with van der Waals surface area (Å²) >= 11 is 0. The van der Waals surface area contributed by atoms with Crippen molar-refractivity contribution in [2.45, 2.75) is 0 Å². The highest BCUT2D eigenvalue weighted by Gasteiger charge is 2.06. The molecule has 5 nitrogen and oxygen atoms in total. The molecular formula is C11H18IN3O2. The number of nitro benzene ring substituents is 1. The molecule has 0 amide bonds. The summed E-state index contributed by atoms with van der Waals surface area (Å²) in [5.74, 6) is 0. The average Bonchev–Trinajstić information content (AvgIpc) is 2.16. The smallest absolute Gasteiger partial charge is 0.269 e. The third-order valence-electron chi connectivity index (χ3n) is 2.19. The second-order valence-corrected chi connectivity index (χ2v) is 4.74. The summed E-state index contributed by atoms with van der Waals surface area (Å²) in [5, 5.41) is 13.7. The van der Waals surface area contributed by atoms with E-state index in [-0.39, 0.29) is 29.7 Å². The molecule has 0 atom stereocenters. The maximum absolute atomic E-state index is 10.4. The van der Waals surface area contributed by atoms with Crippen LogP contribution >= 0.6 is 0 Å². The van der Waals surface area contributed by atoms with Crippen LogP contribution in [0.5, 0.6) is 0 Å². The Bertz CT molecular complexity index is 360. The van der Waals surface area contributed by atoms with Gasteiger partial charge in [0.05, 0.1) is 39.2 Å². The molecule has 0 saturated carbocycles. The Balaban J connectivity index is 0.00000256. The Morgan fingerprint density at radius 2 is 1.76 bits per heavy atom. The number of hydrogen-bond acceptors (Lipinski definition) is 3. The molecular weight excluding hydrogens is 333 g/mol. The molecule has 1 aromatic rings. The normalized spacial score (nSPS) is 10.5. The van der Waals surface area contributed by atoms with Crippen molar-refractivity contribution >= 4 is 11.4 Å². The van der Waals surface area contributed by atoms with Gasteiger partial charge < -0.3 is 33.8 Å². The van der Waals surface area contributed by atoms with Crippen molar-refractivity contribution in [3.05, 3.63) is 34.4 Å². The zero-order valence-corrected chi connectivity index (χ0v) is 12.5. The van der Waals surface area contributed by atoms with Crippen LogP contribution in [0.25, 0.3) is 0 Å². The minimum absolute atomic E-state index is 0. The summed E-state index contributed by atoms with van der Waals surface area (Å²) in [7, 11) is 6.37. The van der Waals surface area contributed by atoms with E-state index in [9.17, 15) is 10.1 Å². The number of anilines is 1. The van der Waals surface area contributed by atoms with Gasteiger partial charge in [0, 0.05) is 17.8 Å². The number of nitrogens with one attached hydrogen (secondary N) is 1. The van der Waals surface area contributed by atoms with Crippen molar-refractivity contribution in [2.24, 2.45) is 0 Å². The number of halogens is 1. The molecule has 0 unspecified atom stereocenters. The van der Waals surface area contributed by atoms with E-state index in [1.54, 1.807) is 12.1 Å². The van der Waals surface area contributed by atoms with Gasteiger partial charge in [0.15, 0.2) is 0 Å². The second-order valence-electron chi connectivity index (χ2n) is 4.74. The summed E-state index contributed by atoms with van der Waals surface area (Å²) < 4.78 is 0.889. The van der Waals surface area contributed by atoms with Crippen LogP contribution in [0.3, 0.4) is 0 Å². The molecule has 0 bridgehead atoms. The van der Waals surface area contributed by atoms with Crippen molar-refractivity contribution in [1.82, 2.24) is 0 Å². The Kier molecular flexibility index (Phi) is 6.40. The summed E-state index contributed by atoms with van der Waals surface area (Å²) in [6, 6.07) is 6.48. The lowest BCUT2D eigenvalue weighted by Gasteiger charge is -2.24. The fraction of sp³-hybridized carbons (Fsp3) is 0.455. The summed E-state index contributed by atoms with van der Waals surface area (Å²) in [4.78, 5) is 10.0. The Morgan fingerprint density at radius 3 is 2.18 bits per heavy atom. The number of non-ortho nitro benzene ring substituents is 1. The molecule has 0 spiro atoms. The van der Waals surface area contributed by atoms with Crippen LogP contribution in [0.4, 0.5) is 11.4 Å². The van der Waals surface area contributed by atoms with Gasteiger partial charge in [0.1, 0.15) is 0 Å². The summed E-state index contributed by atoms with van der Waals surface area (Å²) in [6.45, 7) is 1.85. The van der Waals surface area contributed by atoms with Crippen LogP contribution in [-0.2, 0) is 0 Å². The molecule has 0 fully saturated rings. The van der Waals surface area contributed by atoms with E-state index in [2.05, 4.69) is 26.5 Å². The van der Waals surface area contributed by atoms with Gasteiger partial charge in [-0.3, -0.25) is 10.1 Å². The minimum atomic E-state index is -0.393. The van der Waals surface area contributed by atoms with Crippen molar-refractivity contribution in [3.63, 3.8) is 0 Å². The van der Waals surface area contributed by atoms with E-state index in [0.29, 0.717) is 0 Å². The average molecular weight is 351 g/mol. The van der Waals surface area contributed by atoms with Gasteiger partial charge in [-0.25, -0.2) is 0 Å². The monoisotopic (exact) mass is 351 g/mol. The van der Waals surface area contributed by atoms with Gasteiger partial charge in [-0.1, -0.05) is 0 Å². The SMILES string of the molecule is C[N+](C)(C)CCNc1ccc([N+](=O)[O-])cc1.[I-]. The van der Waals surface area contributed by atoms with E-state index in [4.69, 9.17) is 0 Å². The predicted molar refractivity (Wildman–Crippen MR) is 64.5 cm³/mol. The summed E-state index contributed by atoms with van der Waals surface area (Å²) in [5.41, 5.74) is 1.04. The third kappa shape index (κ3) is 6.42. The van der Waals surface area contributed by atoms with Crippen LogP contribution < -0.4 is 29.3 Å². The topological polar surface area (TPSA) is 55.2 Å². The molecule has 0 aromatic heterocycles. The predicted octanol–water partition coefficient (Wildman–Crippen LogP) is -1.28. The van der Waals surface area contributed by atoms with Crippen molar-refractivity contribution in [1.29, 1.82) is 0 Å². The molecule has 96 valence electrons. The lowest BCUT2D eigenvalue weighted by Crippen LogP contribution is -3.00. The van der Waals surface area contributed by atoms with E-state index < -0.39 is 4.92 Å². The first-order valence-electron chi connectivity index (χ1n) is 5.17. The fourth-order valence-corrected chi connectivity index (χ4v) is 1.24. The highest BCUT2D eigenvalue weighted by molar-refractivity contribution is 5.48. The van der Waals surface area contributed by atoms with Crippen LogP contribution in [0, 0.1) is 10.1 Å². The molecule has 0 aliphatic rings. The Labute approximate surface area is 119 Å². The third-order valence-corrected chi connectivity index (χ3v) is 2.19. The van der Waals surface area contributed by atoms with Gasteiger partial charge in [-0.15, -0.1) is 0 Å². The molecule has 0 aliphatic heterocycles. The first-order valence-corrected chi connectivity index (χ1v) is 5.17. The largest absolute Gasteiger partial charge is 1.00 e. The molecule has 1 aromatic carbocycles. The van der Waals surface area contributed by atoms with Gasteiger partial charge in [-0.2, -0.15) is 0 Å². The van der Waals surface area contributed by atoms with Crippen LogP contribution in [-0.4, -0.2) is 43.6 Å². The molecule has 0 saturated heterocycles. The van der Waals surface area contributed by atoms with E-state index in [1.165, 1.54) is 12.1 Å². The zero-order valence-electron chi connectivity index (χ0n) is 10.3. The van der Waals surface area contributed by atoms with Gasteiger partial charge in [-0.05, 0) is 12.1 Å². The van der Waals surface area contributed by atoms with Crippen LogP contribution in [0.15, 0.2) is 24.3 Å². The Hall–Kier alpha value is -0.890. The minimum Gasteiger partial charge on any atom is -1.00 e. The molecule has 0 heterocycles. The standard InChI is InChI=1S/C11H18N3O2.HI/c1-14(2,3)9-8-12-10-4-6-11(7-5-10)13(15)16;/h4-7,12H,8-9H2,1-3H3;1H/q+1;/p-1. The second kappa shape index (κ2) is 6.75. The number of nitrogens with zero attached hydrogens (tertiary/aromatic N) is 2. The molecule has 1 N–H and O–H groups in total. The van der Waals surface area contributed by atoms with Crippen LogP contribution in [0.1, 0.15) is 0 Å². The molecule has 6 heteroatoms. The van der Waals surface area contributed by atoms with Crippen molar-refractivity contribution < 1.29 is 33.4 Å². The van der Waals surface area contributed by atoms with Gasteiger partial charge in [0.2, 0.25) is 0 Å². The van der Waals surface area contributed by atoms with E-state index >= 15 is 0 Å². The number of nitro groups is 1. The lowest BCUT2D eigenvalue weighted by molar-refractivity contribution is -0.868. The first kappa shape index (κ1) is 16.1. The molecule has 0 aliphatic carbocycles. The maximum atomic E-state index is 10.4. The van der Waals surface area contributed by atoms with Gasteiger partial charge in [0.25, 0.3) is 5.69 Å². The fourth-order valence-electron chi connectivity index (χ4n) is 1.24. The highest BCUT2D eigenvalue weighted by atomic mass is 127.